The summed E-state index contributed by atoms with van der Waals surface area (Å²) in [4.78, 5) is 29.1. The number of carbonyl (C=O) groups excluding carboxylic acids is 1. The number of hydrogen-bond donors (Lipinski definition) is 0. The van der Waals surface area contributed by atoms with Gasteiger partial charge in [0.1, 0.15) is 23.0 Å². The van der Waals surface area contributed by atoms with Gasteiger partial charge in [-0.05, 0) is 0 Å². The number of piperazine rings is 1. The lowest BCUT2D eigenvalue weighted by atomic mass is 10.3. The van der Waals surface area contributed by atoms with E-state index < -0.39 is 11.9 Å². The second kappa shape index (κ2) is 7.06. The van der Waals surface area contributed by atoms with Crippen molar-refractivity contribution in [2.24, 2.45) is 0 Å². The van der Waals surface area contributed by atoms with Gasteiger partial charge in [0, 0.05) is 38.6 Å². The first-order chi connectivity index (χ1) is 12.2. The summed E-state index contributed by atoms with van der Waals surface area (Å²) in [5.74, 6) is 1.16. The van der Waals surface area contributed by atoms with E-state index in [9.17, 15) is 18.0 Å². The lowest BCUT2D eigenvalue weighted by Crippen LogP contribution is -2.48. The van der Waals surface area contributed by atoms with Crippen molar-refractivity contribution >= 4 is 28.9 Å². The Morgan fingerprint density at radius 2 is 2.08 bits per heavy atom. The van der Waals surface area contributed by atoms with Crippen LogP contribution in [0.4, 0.5) is 24.8 Å². The lowest BCUT2D eigenvalue weighted by molar-refractivity contribution is -0.140. The molecule has 0 spiro atoms. The summed E-state index contributed by atoms with van der Waals surface area (Å²) in [5.41, 5.74) is -0.884. The second-order valence-electron chi connectivity index (χ2n) is 5.95. The first-order valence-electron chi connectivity index (χ1n) is 7.78. The van der Waals surface area contributed by atoms with Crippen LogP contribution in [0.5, 0.6) is 0 Å². The minimum Gasteiger partial charge on any atom is -0.353 e. The van der Waals surface area contributed by atoms with Crippen LogP contribution in [0.1, 0.15) is 10.7 Å². The SMILES string of the molecule is CN1CCN(c2cc(N(C)Cc3nc(C(F)(F)F)cs3)ncn2)CC1=O. The lowest BCUT2D eigenvalue weighted by Gasteiger charge is -2.33. The van der Waals surface area contributed by atoms with Gasteiger partial charge in [-0.25, -0.2) is 15.0 Å². The van der Waals surface area contributed by atoms with Crippen molar-refractivity contribution in [3.8, 4) is 0 Å². The third kappa shape index (κ3) is 4.03. The highest BCUT2D eigenvalue weighted by atomic mass is 32.1. The van der Waals surface area contributed by atoms with Crippen molar-refractivity contribution in [3.05, 3.63) is 28.5 Å². The molecule has 2 aromatic rings. The number of amides is 1. The molecule has 1 aliphatic heterocycles. The standard InChI is InChI=1S/C15H17F3N6OS/c1-22-3-4-24(7-14(22)25)12-5-11(19-9-20-12)23(2)6-13-21-10(8-26-13)15(16,17)18/h5,8-9H,3-4,6-7H2,1-2H3. The number of likely N-dealkylation sites (N-methyl/N-ethyl adjacent to an activating group) is 1. The van der Waals surface area contributed by atoms with E-state index in [4.69, 9.17) is 0 Å². The molecule has 26 heavy (non-hydrogen) atoms. The van der Waals surface area contributed by atoms with Gasteiger partial charge < -0.3 is 14.7 Å². The maximum absolute atomic E-state index is 12.7. The van der Waals surface area contributed by atoms with Crippen molar-refractivity contribution in [3.63, 3.8) is 0 Å². The number of anilines is 2. The Kier molecular flexibility index (Phi) is 4.99. The first-order valence-corrected chi connectivity index (χ1v) is 8.65. The van der Waals surface area contributed by atoms with Crippen molar-refractivity contribution in [1.29, 1.82) is 0 Å². The zero-order valence-corrected chi connectivity index (χ0v) is 15.0. The number of nitrogens with zero attached hydrogens (tertiary/aromatic N) is 6. The number of rotatable bonds is 4. The maximum Gasteiger partial charge on any atom is 0.434 e. The highest BCUT2D eigenvalue weighted by Crippen LogP contribution is 2.30. The van der Waals surface area contributed by atoms with Gasteiger partial charge in [0.05, 0.1) is 13.1 Å². The molecule has 7 nitrogen and oxygen atoms in total. The van der Waals surface area contributed by atoms with Gasteiger partial charge in [-0.3, -0.25) is 4.79 Å². The highest BCUT2D eigenvalue weighted by molar-refractivity contribution is 7.09. The molecule has 3 rings (SSSR count). The topological polar surface area (TPSA) is 65.5 Å². The summed E-state index contributed by atoms with van der Waals surface area (Å²) in [5, 5.41) is 1.35. The van der Waals surface area contributed by atoms with Gasteiger partial charge in [0.2, 0.25) is 5.91 Å². The molecule has 140 valence electrons. The zero-order valence-electron chi connectivity index (χ0n) is 14.2. The van der Waals surface area contributed by atoms with Gasteiger partial charge in [-0.1, -0.05) is 0 Å². The van der Waals surface area contributed by atoms with Crippen LogP contribution in [0.3, 0.4) is 0 Å². The van der Waals surface area contributed by atoms with E-state index in [2.05, 4.69) is 15.0 Å². The summed E-state index contributed by atoms with van der Waals surface area (Å²) < 4.78 is 38.0. The van der Waals surface area contributed by atoms with Crippen molar-refractivity contribution in [1.82, 2.24) is 19.9 Å². The molecule has 0 N–H and O–H groups in total. The zero-order chi connectivity index (χ0) is 18.9. The Hall–Kier alpha value is -2.43. The molecule has 0 saturated carbocycles. The predicted octanol–water partition coefficient (Wildman–Crippen LogP) is 1.87. The van der Waals surface area contributed by atoms with Crippen LogP contribution in [0.2, 0.25) is 0 Å². The van der Waals surface area contributed by atoms with Gasteiger partial charge in [-0.15, -0.1) is 11.3 Å². The van der Waals surface area contributed by atoms with Crippen LogP contribution < -0.4 is 9.80 Å². The van der Waals surface area contributed by atoms with Gasteiger partial charge >= 0.3 is 6.18 Å². The molecule has 1 aliphatic rings. The van der Waals surface area contributed by atoms with Crippen molar-refractivity contribution in [2.45, 2.75) is 12.7 Å². The number of carbonyl (C=O) groups is 1. The Labute approximate surface area is 152 Å². The molecular weight excluding hydrogens is 369 g/mol. The molecule has 0 aliphatic carbocycles. The molecule has 0 radical (unpaired) electrons. The molecule has 0 bridgehead atoms. The van der Waals surface area contributed by atoms with E-state index in [0.29, 0.717) is 29.7 Å². The average Bonchev–Trinajstić information content (AvgIpc) is 3.06. The molecule has 0 atom stereocenters. The molecule has 11 heteroatoms. The smallest absolute Gasteiger partial charge is 0.353 e. The Balaban J connectivity index is 1.71. The summed E-state index contributed by atoms with van der Waals surface area (Å²) in [6.07, 6.45) is -3.06. The molecule has 0 unspecified atom stereocenters. The van der Waals surface area contributed by atoms with Crippen LogP contribution in [-0.2, 0) is 17.5 Å². The van der Waals surface area contributed by atoms with Gasteiger partial charge in [0.25, 0.3) is 0 Å². The minimum atomic E-state index is -4.44. The van der Waals surface area contributed by atoms with Crippen LogP contribution >= 0.6 is 11.3 Å². The summed E-state index contributed by atoms with van der Waals surface area (Å²) >= 11 is 0.955. The third-order valence-corrected chi connectivity index (χ3v) is 4.86. The Morgan fingerprint density at radius 3 is 2.73 bits per heavy atom. The summed E-state index contributed by atoms with van der Waals surface area (Å²) in [6, 6.07) is 1.72. The predicted molar refractivity (Wildman–Crippen MR) is 91.1 cm³/mol. The molecule has 2 aromatic heterocycles. The van der Waals surface area contributed by atoms with Gasteiger partial charge in [-0.2, -0.15) is 13.2 Å². The van der Waals surface area contributed by atoms with Crippen LogP contribution in [0.25, 0.3) is 0 Å². The fourth-order valence-electron chi connectivity index (χ4n) is 2.47. The maximum atomic E-state index is 12.7. The number of hydrogen-bond acceptors (Lipinski definition) is 7. The molecule has 3 heterocycles. The van der Waals surface area contributed by atoms with E-state index in [1.165, 1.54) is 6.33 Å². The number of aromatic nitrogens is 3. The van der Waals surface area contributed by atoms with E-state index >= 15 is 0 Å². The van der Waals surface area contributed by atoms with Gasteiger partial charge in [0.15, 0.2) is 5.69 Å². The summed E-state index contributed by atoms with van der Waals surface area (Å²) in [7, 11) is 3.47. The Bertz CT molecular complexity index is 796. The second-order valence-corrected chi connectivity index (χ2v) is 6.89. The number of halogens is 3. The molecule has 1 amide bonds. The normalized spacial score (nSPS) is 15.5. The van der Waals surface area contributed by atoms with Crippen LogP contribution in [0, 0.1) is 0 Å². The fourth-order valence-corrected chi connectivity index (χ4v) is 3.32. The molecule has 1 saturated heterocycles. The molecule has 1 fully saturated rings. The van der Waals surface area contributed by atoms with E-state index in [1.54, 1.807) is 30.0 Å². The quantitative estimate of drug-likeness (QED) is 0.799. The van der Waals surface area contributed by atoms with E-state index in [0.717, 1.165) is 16.7 Å². The third-order valence-electron chi connectivity index (χ3n) is 4.03. The fraction of sp³-hybridized carbons (Fsp3) is 0.467. The number of thiazole rings is 1. The monoisotopic (exact) mass is 386 g/mol. The van der Waals surface area contributed by atoms with Crippen molar-refractivity contribution < 1.29 is 18.0 Å². The van der Waals surface area contributed by atoms with E-state index in [-0.39, 0.29) is 19.0 Å². The first kappa shape index (κ1) is 18.4. The summed E-state index contributed by atoms with van der Waals surface area (Å²) in [6.45, 7) is 1.69. The molecular formula is C15H17F3N6OS. The highest BCUT2D eigenvalue weighted by Gasteiger charge is 2.33. The van der Waals surface area contributed by atoms with Crippen LogP contribution in [0.15, 0.2) is 17.8 Å². The average molecular weight is 386 g/mol. The Morgan fingerprint density at radius 1 is 1.31 bits per heavy atom. The molecule has 0 aromatic carbocycles. The minimum absolute atomic E-state index is 0.00670. The van der Waals surface area contributed by atoms with Crippen LogP contribution in [-0.4, -0.2) is 59.5 Å². The van der Waals surface area contributed by atoms with Crippen molar-refractivity contribution in [2.75, 3.05) is 43.5 Å². The largest absolute Gasteiger partial charge is 0.434 e. The van der Waals surface area contributed by atoms with E-state index in [1.807, 2.05) is 4.90 Å². The number of alkyl halides is 3.